The number of hydrogen-bond donors (Lipinski definition) is 2. The topological polar surface area (TPSA) is 44.0 Å². The van der Waals surface area contributed by atoms with Crippen LogP contribution in [0.5, 0.6) is 0 Å². The Labute approximate surface area is 218 Å². The third kappa shape index (κ3) is 4.19. The molecule has 5 aromatic rings. The second-order valence-electron chi connectivity index (χ2n) is 10.1. The van der Waals surface area contributed by atoms with Crippen LogP contribution in [-0.4, -0.2) is 16.5 Å². The molecule has 6 rings (SSSR count). The molecule has 0 saturated carbocycles. The Hall–Kier alpha value is -4.31. The van der Waals surface area contributed by atoms with E-state index < -0.39 is 0 Å². The molecule has 0 atom stereocenters. The van der Waals surface area contributed by atoms with E-state index >= 15 is 0 Å². The Kier molecular flexibility index (Phi) is 5.60. The standard InChI is InChI=1S/C33H32N4/c1-6-37-32-13-9-24(23-7-11-29(21(4)15-23)34-20(2)3)16-27(32)18-28-17-25(10-14-33(28)37)26-8-12-30-31(19-26)36-22(5)35-30/h7-17,19,34H,2,6,18H2,1,3-5H3,(H,35,36). The summed E-state index contributed by atoms with van der Waals surface area (Å²) in [4.78, 5) is 10.4. The smallest absolute Gasteiger partial charge is 0.104 e. The van der Waals surface area contributed by atoms with E-state index in [1.165, 1.54) is 50.3 Å². The number of H-pyrrole nitrogens is 1. The molecule has 1 aromatic heterocycles. The minimum absolute atomic E-state index is 0.919. The van der Waals surface area contributed by atoms with E-state index in [4.69, 9.17) is 0 Å². The van der Waals surface area contributed by atoms with Crippen LogP contribution < -0.4 is 10.2 Å². The van der Waals surface area contributed by atoms with E-state index in [2.05, 4.69) is 113 Å². The zero-order valence-corrected chi connectivity index (χ0v) is 21.9. The van der Waals surface area contributed by atoms with Gasteiger partial charge in [0, 0.05) is 35.7 Å². The highest BCUT2D eigenvalue weighted by molar-refractivity contribution is 5.84. The summed E-state index contributed by atoms with van der Waals surface area (Å²) in [5.74, 6) is 0.945. The lowest BCUT2D eigenvalue weighted by Gasteiger charge is -2.33. The van der Waals surface area contributed by atoms with Gasteiger partial charge in [0.15, 0.2) is 0 Å². The molecule has 0 unspecified atom stereocenters. The van der Waals surface area contributed by atoms with Crippen LogP contribution in [0.25, 0.3) is 33.3 Å². The van der Waals surface area contributed by atoms with E-state index in [1.54, 1.807) is 0 Å². The Bertz CT molecular complexity index is 1670. The number of benzene rings is 4. The zero-order chi connectivity index (χ0) is 25.7. The van der Waals surface area contributed by atoms with Crippen LogP contribution in [0.15, 0.2) is 85.1 Å². The Morgan fingerprint density at radius 1 is 0.865 bits per heavy atom. The van der Waals surface area contributed by atoms with Crippen LogP contribution in [0.3, 0.4) is 0 Å². The summed E-state index contributed by atoms with van der Waals surface area (Å²) in [6.45, 7) is 13.3. The van der Waals surface area contributed by atoms with Gasteiger partial charge in [-0.15, -0.1) is 0 Å². The Morgan fingerprint density at radius 3 is 2.08 bits per heavy atom. The van der Waals surface area contributed by atoms with E-state index in [1.807, 2.05) is 13.8 Å². The Morgan fingerprint density at radius 2 is 1.46 bits per heavy atom. The van der Waals surface area contributed by atoms with E-state index in [9.17, 15) is 0 Å². The van der Waals surface area contributed by atoms with Crippen LogP contribution in [0.4, 0.5) is 17.1 Å². The summed E-state index contributed by atoms with van der Waals surface area (Å²) in [5, 5.41) is 3.35. The number of aromatic amines is 1. The molecule has 2 heterocycles. The third-order valence-electron chi connectivity index (χ3n) is 7.28. The quantitative estimate of drug-likeness (QED) is 0.263. The lowest BCUT2D eigenvalue weighted by atomic mass is 9.90. The van der Waals surface area contributed by atoms with Crippen molar-refractivity contribution >= 4 is 28.1 Å². The average Bonchev–Trinajstić information content (AvgIpc) is 3.26. The fourth-order valence-corrected chi connectivity index (χ4v) is 5.55. The van der Waals surface area contributed by atoms with Gasteiger partial charge in [-0.05, 0) is 115 Å². The van der Waals surface area contributed by atoms with Gasteiger partial charge in [0.2, 0.25) is 0 Å². The summed E-state index contributed by atoms with van der Waals surface area (Å²) in [6, 6.07) is 26.9. The van der Waals surface area contributed by atoms with Crippen molar-refractivity contribution in [3.63, 3.8) is 0 Å². The van der Waals surface area contributed by atoms with Crippen molar-refractivity contribution in [1.29, 1.82) is 0 Å². The van der Waals surface area contributed by atoms with Crippen molar-refractivity contribution in [3.05, 3.63) is 108 Å². The maximum Gasteiger partial charge on any atom is 0.104 e. The summed E-state index contributed by atoms with van der Waals surface area (Å²) < 4.78 is 0. The molecule has 0 bridgehead atoms. The predicted octanol–water partition coefficient (Wildman–Crippen LogP) is 8.52. The zero-order valence-electron chi connectivity index (χ0n) is 21.9. The molecule has 0 fully saturated rings. The molecule has 1 aliphatic rings. The van der Waals surface area contributed by atoms with Gasteiger partial charge in [-0.1, -0.05) is 30.8 Å². The number of aromatic nitrogens is 2. The lowest BCUT2D eigenvalue weighted by molar-refractivity contribution is 0.962. The summed E-state index contributed by atoms with van der Waals surface area (Å²) >= 11 is 0. The first-order chi connectivity index (χ1) is 17.9. The maximum atomic E-state index is 4.55. The summed E-state index contributed by atoms with van der Waals surface area (Å²) in [6.07, 6.45) is 0.919. The van der Waals surface area contributed by atoms with Crippen LogP contribution in [0, 0.1) is 13.8 Å². The maximum absolute atomic E-state index is 4.55. The second-order valence-corrected chi connectivity index (χ2v) is 10.1. The molecule has 37 heavy (non-hydrogen) atoms. The first kappa shape index (κ1) is 23.1. The molecule has 1 aliphatic heterocycles. The molecule has 0 saturated heterocycles. The Balaban J connectivity index is 1.36. The third-order valence-corrected chi connectivity index (χ3v) is 7.28. The fourth-order valence-electron chi connectivity index (χ4n) is 5.55. The van der Waals surface area contributed by atoms with Crippen LogP contribution in [0.1, 0.15) is 36.4 Å². The van der Waals surface area contributed by atoms with Gasteiger partial charge < -0.3 is 15.2 Å². The highest BCUT2D eigenvalue weighted by Crippen LogP contribution is 2.42. The summed E-state index contributed by atoms with van der Waals surface area (Å²) in [5.41, 5.74) is 15.6. The molecule has 0 radical (unpaired) electrons. The molecule has 4 aromatic carbocycles. The van der Waals surface area contributed by atoms with Gasteiger partial charge in [-0.25, -0.2) is 4.98 Å². The number of hydrogen-bond acceptors (Lipinski definition) is 3. The van der Waals surface area contributed by atoms with Gasteiger partial charge in [-0.2, -0.15) is 0 Å². The van der Waals surface area contributed by atoms with Crippen molar-refractivity contribution in [2.24, 2.45) is 0 Å². The van der Waals surface area contributed by atoms with E-state index in [-0.39, 0.29) is 0 Å². The molecule has 2 N–H and O–H groups in total. The number of aryl methyl sites for hydroxylation is 2. The monoisotopic (exact) mass is 484 g/mol. The molecule has 0 aliphatic carbocycles. The van der Waals surface area contributed by atoms with E-state index in [0.717, 1.165) is 41.2 Å². The van der Waals surface area contributed by atoms with Gasteiger partial charge in [0.25, 0.3) is 0 Å². The highest BCUT2D eigenvalue weighted by Gasteiger charge is 2.22. The highest BCUT2D eigenvalue weighted by atomic mass is 15.1. The van der Waals surface area contributed by atoms with Crippen molar-refractivity contribution in [2.75, 3.05) is 16.8 Å². The molecule has 4 nitrogen and oxygen atoms in total. The second kappa shape index (κ2) is 8.97. The van der Waals surface area contributed by atoms with Crippen molar-refractivity contribution in [3.8, 4) is 22.3 Å². The summed E-state index contributed by atoms with van der Waals surface area (Å²) in [7, 11) is 0. The molecular weight excluding hydrogens is 452 g/mol. The number of fused-ring (bicyclic) bond motifs is 3. The number of nitrogens with zero attached hydrogens (tertiary/aromatic N) is 2. The molecule has 0 spiro atoms. The number of allylic oxidation sites excluding steroid dienone is 1. The van der Waals surface area contributed by atoms with Gasteiger partial charge >= 0.3 is 0 Å². The number of nitrogens with one attached hydrogen (secondary N) is 2. The minimum Gasteiger partial charge on any atom is -0.360 e. The van der Waals surface area contributed by atoms with Crippen molar-refractivity contribution in [2.45, 2.75) is 34.1 Å². The van der Waals surface area contributed by atoms with Crippen LogP contribution in [-0.2, 0) is 6.42 Å². The molecule has 0 amide bonds. The molecule has 184 valence electrons. The fraction of sp³-hybridized carbons (Fsp3) is 0.182. The normalized spacial score (nSPS) is 12.4. The first-order valence-electron chi connectivity index (χ1n) is 12.9. The lowest BCUT2D eigenvalue weighted by Crippen LogP contribution is -2.23. The molecular formula is C33H32N4. The average molecular weight is 485 g/mol. The van der Waals surface area contributed by atoms with Crippen LogP contribution in [0.2, 0.25) is 0 Å². The first-order valence-corrected chi connectivity index (χ1v) is 12.9. The predicted molar refractivity (Wildman–Crippen MR) is 157 cm³/mol. The van der Waals surface area contributed by atoms with E-state index in [0.29, 0.717) is 0 Å². The van der Waals surface area contributed by atoms with Gasteiger partial charge in [-0.3, -0.25) is 0 Å². The SMILES string of the molecule is C=C(C)Nc1ccc(-c2ccc3c(c2)Cc2cc(-c4ccc5nc(C)[nH]c5c4)ccc2N3CC)cc1C. The number of rotatable bonds is 5. The van der Waals surface area contributed by atoms with Gasteiger partial charge in [0.1, 0.15) is 5.82 Å². The van der Waals surface area contributed by atoms with Crippen molar-refractivity contribution < 1.29 is 0 Å². The van der Waals surface area contributed by atoms with Crippen molar-refractivity contribution in [1.82, 2.24) is 9.97 Å². The van der Waals surface area contributed by atoms with Crippen LogP contribution >= 0.6 is 0 Å². The number of imidazole rings is 1. The largest absolute Gasteiger partial charge is 0.360 e. The van der Waals surface area contributed by atoms with Gasteiger partial charge in [0.05, 0.1) is 11.0 Å². The molecule has 4 heteroatoms. The minimum atomic E-state index is 0.919. The number of anilines is 3.